The average molecular weight is 535 g/mol. The molecule has 160 valence electrons. The molecule has 1 atom stereocenters. The zero-order chi connectivity index (χ0) is 21.8. The quantitative estimate of drug-likeness (QED) is 0.369. The predicted molar refractivity (Wildman–Crippen MR) is 118 cm³/mol. The number of nitrogens with one attached hydrogen (secondary N) is 2. The number of hydrogen-bond donors (Lipinski definition) is 2. The Labute approximate surface area is 191 Å². The molecule has 4 rings (SSSR count). The first-order chi connectivity index (χ1) is 15.0. The monoisotopic (exact) mass is 535 g/mol. The molecule has 1 unspecified atom stereocenters. The molecule has 1 aromatic heterocycles. The second kappa shape index (κ2) is 9.43. The summed E-state index contributed by atoms with van der Waals surface area (Å²) in [7, 11) is 0. The lowest BCUT2D eigenvalue weighted by molar-refractivity contribution is -0.678. The molecule has 1 saturated heterocycles. The van der Waals surface area contributed by atoms with Crippen LogP contribution in [-0.2, 0) is 20.9 Å². The van der Waals surface area contributed by atoms with E-state index in [0.29, 0.717) is 17.9 Å². The summed E-state index contributed by atoms with van der Waals surface area (Å²) in [5.74, 6) is -0.661. The summed E-state index contributed by atoms with van der Waals surface area (Å²) in [5, 5.41) is 5.33. The van der Waals surface area contributed by atoms with Crippen molar-refractivity contribution in [2.45, 2.75) is 19.1 Å². The molecule has 0 saturated carbocycles. The summed E-state index contributed by atoms with van der Waals surface area (Å²) in [5.41, 5.74) is 1.08. The van der Waals surface area contributed by atoms with Gasteiger partial charge in [0.15, 0.2) is 0 Å². The van der Waals surface area contributed by atoms with E-state index in [0.717, 1.165) is 3.57 Å². The lowest BCUT2D eigenvalue weighted by atomic mass is 10.1. The summed E-state index contributed by atoms with van der Waals surface area (Å²) >= 11 is 2.18. The Morgan fingerprint density at radius 1 is 1.16 bits per heavy atom. The maximum absolute atomic E-state index is 12.9. The number of morpholine rings is 1. The van der Waals surface area contributed by atoms with E-state index in [1.165, 1.54) is 9.58 Å². The third kappa shape index (κ3) is 5.02. The molecule has 3 aromatic rings. The first kappa shape index (κ1) is 21.2. The predicted octanol–water partition coefficient (Wildman–Crippen LogP) is 1.61. The largest absolute Gasteiger partial charge is 0.432 e. The number of halogens is 1. The minimum absolute atomic E-state index is 0.0398. The molecule has 9 nitrogen and oxygen atoms in total. The van der Waals surface area contributed by atoms with E-state index in [1.807, 2.05) is 42.5 Å². The third-order valence-electron chi connectivity index (χ3n) is 4.86. The number of ether oxygens (including phenoxy) is 1. The van der Waals surface area contributed by atoms with Crippen LogP contribution in [-0.4, -0.2) is 41.2 Å². The molecule has 1 aliphatic rings. The molecular weight excluding hydrogens is 515 g/mol. The van der Waals surface area contributed by atoms with Crippen molar-refractivity contribution in [3.05, 3.63) is 74.3 Å². The van der Waals surface area contributed by atoms with E-state index in [-0.39, 0.29) is 37.1 Å². The number of amides is 2. The lowest BCUT2D eigenvalue weighted by Crippen LogP contribution is -2.51. The minimum Gasteiger partial charge on any atom is -0.366 e. The van der Waals surface area contributed by atoms with Crippen molar-refractivity contribution in [2.75, 3.05) is 18.5 Å². The summed E-state index contributed by atoms with van der Waals surface area (Å²) in [6, 6.07) is 16.5. The van der Waals surface area contributed by atoms with Crippen LogP contribution < -0.4 is 15.6 Å². The van der Waals surface area contributed by atoms with Crippen molar-refractivity contribution < 1.29 is 23.5 Å². The van der Waals surface area contributed by atoms with E-state index in [2.05, 4.69) is 33.2 Å². The number of carbonyl (C=O) groups is 2. The zero-order valence-electron chi connectivity index (χ0n) is 16.4. The van der Waals surface area contributed by atoms with Crippen molar-refractivity contribution >= 4 is 40.1 Å². The summed E-state index contributed by atoms with van der Waals surface area (Å²) < 4.78 is 13.0. The smallest absolute Gasteiger partial charge is 0.366 e. The highest BCUT2D eigenvalue weighted by Gasteiger charge is 2.35. The molecule has 2 amide bonds. The van der Waals surface area contributed by atoms with E-state index in [9.17, 15) is 14.4 Å². The summed E-state index contributed by atoms with van der Waals surface area (Å²) in [4.78, 5) is 39.0. The SMILES string of the molecule is O=C(CC1OCCN(Cc2c(=O)o[nH][n+]2-c2ccccc2)C1=O)Nc1ccc(I)cc1. The molecule has 0 aliphatic carbocycles. The van der Waals surface area contributed by atoms with Gasteiger partial charge in [0.25, 0.3) is 5.91 Å². The van der Waals surface area contributed by atoms with Gasteiger partial charge in [-0.05, 0) is 56.8 Å². The topological polar surface area (TPSA) is 109 Å². The molecule has 1 aliphatic heterocycles. The van der Waals surface area contributed by atoms with Crippen LogP contribution in [0, 0.1) is 3.57 Å². The van der Waals surface area contributed by atoms with Gasteiger partial charge in [0, 0.05) is 27.9 Å². The fourth-order valence-electron chi connectivity index (χ4n) is 3.30. The first-order valence-electron chi connectivity index (χ1n) is 9.65. The van der Waals surface area contributed by atoms with Crippen molar-refractivity contribution in [3.8, 4) is 5.69 Å². The van der Waals surface area contributed by atoms with Crippen LogP contribution in [0.5, 0.6) is 0 Å². The highest BCUT2D eigenvalue weighted by molar-refractivity contribution is 14.1. The van der Waals surface area contributed by atoms with Gasteiger partial charge in [0.05, 0.1) is 13.0 Å². The first-order valence-corrected chi connectivity index (χ1v) is 10.7. The Kier molecular flexibility index (Phi) is 6.47. The molecule has 31 heavy (non-hydrogen) atoms. The molecule has 0 bridgehead atoms. The Hall–Kier alpha value is -2.99. The van der Waals surface area contributed by atoms with Gasteiger partial charge >= 0.3 is 11.3 Å². The fraction of sp³-hybridized carbons (Fsp3) is 0.238. The Morgan fingerprint density at radius 3 is 2.65 bits per heavy atom. The number of aromatic amines is 1. The van der Waals surface area contributed by atoms with Gasteiger partial charge in [0.1, 0.15) is 12.6 Å². The van der Waals surface area contributed by atoms with Crippen molar-refractivity contribution in [2.24, 2.45) is 0 Å². The maximum Gasteiger partial charge on any atom is 0.432 e. The van der Waals surface area contributed by atoms with Gasteiger partial charge in [-0.3, -0.25) is 14.1 Å². The van der Waals surface area contributed by atoms with Gasteiger partial charge in [-0.15, -0.1) is 0 Å². The van der Waals surface area contributed by atoms with E-state index in [1.54, 1.807) is 12.1 Å². The standard InChI is InChI=1S/C21H19IN4O5/c22-14-6-8-15(9-7-14)23-19(27)12-18-20(28)25(10-11-30-18)13-17-21(29)31-24-26(17)16-4-2-1-3-5-16/h1-9,18H,10-13H2,(H-,23,24,27,29)/p+1. The number of carbonyl (C=O) groups excluding carboxylic acids is 2. The maximum atomic E-state index is 12.9. The number of hydrogen-bond acceptors (Lipinski definition) is 5. The van der Waals surface area contributed by atoms with Gasteiger partial charge in [-0.1, -0.05) is 18.2 Å². The second-order valence-corrected chi connectivity index (χ2v) is 8.22. The van der Waals surface area contributed by atoms with E-state index in [4.69, 9.17) is 9.26 Å². The molecule has 0 radical (unpaired) electrons. The van der Waals surface area contributed by atoms with Crippen LogP contribution in [0.4, 0.5) is 5.69 Å². The van der Waals surface area contributed by atoms with E-state index >= 15 is 0 Å². The molecular formula is C21H20IN4O5+. The van der Waals surface area contributed by atoms with Gasteiger partial charge in [0.2, 0.25) is 11.6 Å². The Balaban J connectivity index is 1.44. The number of nitrogens with zero attached hydrogens (tertiary/aromatic N) is 2. The van der Waals surface area contributed by atoms with Crippen LogP contribution in [0.25, 0.3) is 5.69 Å². The molecule has 10 heteroatoms. The summed E-state index contributed by atoms with van der Waals surface area (Å²) in [6.45, 7) is 0.625. The number of aromatic nitrogens is 2. The fourth-order valence-corrected chi connectivity index (χ4v) is 3.66. The molecule has 2 heterocycles. The Morgan fingerprint density at radius 2 is 1.90 bits per heavy atom. The van der Waals surface area contributed by atoms with Gasteiger partial charge in [-0.2, -0.15) is 0 Å². The lowest BCUT2D eigenvalue weighted by Gasteiger charge is -2.30. The number of para-hydroxylation sites is 1. The number of rotatable bonds is 6. The van der Waals surface area contributed by atoms with Crippen LogP contribution in [0.15, 0.2) is 63.9 Å². The molecule has 2 aromatic carbocycles. The Bertz CT molecular complexity index is 1130. The normalized spacial score (nSPS) is 16.4. The van der Waals surface area contributed by atoms with Crippen molar-refractivity contribution in [1.29, 1.82) is 0 Å². The average Bonchev–Trinajstić information content (AvgIpc) is 3.13. The van der Waals surface area contributed by atoms with Crippen molar-refractivity contribution in [3.63, 3.8) is 0 Å². The van der Waals surface area contributed by atoms with Crippen LogP contribution >= 0.6 is 22.6 Å². The zero-order valence-corrected chi connectivity index (χ0v) is 18.6. The molecule has 1 fully saturated rings. The van der Waals surface area contributed by atoms with Gasteiger partial charge in [-0.25, -0.2) is 4.79 Å². The highest BCUT2D eigenvalue weighted by atomic mass is 127. The number of H-pyrrole nitrogens is 1. The number of anilines is 1. The highest BCUT2D eigenvalue weighted by Crippen LogP contribution is 2.15. The van der Waals surface area contributed by atoms with Crippen LogP contribution in [0.2, 0.25) is 0 Å². The molecule has 0 spiro atoms. The summed E-state index contributed by atoms with van der Waals surface area (Å²) in [6.07, 6.45) is -1.02. The second-order valence-electron chi connectivity index (χ2n) is 6.98. The van der Waals surface area contributed by atoms with Gasteiger partial charge < -0.3 is 15.0 Å². The minimum atomic E-state index is -0.909. The van der Waals surface area contributed by atoms with E-state index < -0.39 is 11.7 Å². The molecule has 2 N–H and O–H groups in total. The van der Waals surface area contributed by atoms with Crippen molar-refractivity contribution in [1.82, 2.24) is 10.2 Å². The van der Waals surface area contributed by atoms with Crippen LogP contribution in [0.1, 0.15) is 12.1 Å². The number of benzene rings is 2. The van der Waals surface area contributed by atoms with Crippen LogP contribution in [0.3, 0.4) is 0 Å². The third-order valence-corrected chi connectivity index (χ3v) is 5.58.